The molecule has 1 aliphatic rings. The Hall–Kier alpha value is -1.66. The first-order valence-electron chi connectivity index (χ1n) is 6.61. The van der Waals surface area contributed by atoms with Crippen LogP contribution in [-0.2, 0) is 0 Å². The molecule has 116 valence electrons. The second kappa shape index (κ2) is 6.41. The Balaban J connectivity index is 0.00000220. The highest BCUT2D eigenvalue weighted by molar-refractivity contribution is 5.95. The van der Waals surface area contributed by atoms with E-state index >= 15 is 0 Å². The molecule has 1 saturated heterocycles. The highest BCUT2D eigenvalue weighted by Crippen LogP contribution is 2.30. The van der Waals surface area contributed by atoms with E-state index in [1.807, 2.05) is 0 Å². The predicted molar refractivity (Wildman–Crippen MR) is 82.8 cm³/mol. The van der Waals surface area contributed by atoms with Gasteiger partial charge in [0.1, 0.15) is 0 Å². The van der Waals surface area contributed by atoms with Crippen molar-refractivity contribution in [1.82, 2.24) is 4.90 Å². The minimum absolute atomic E-state index is 0. The largest absolute Gasteiger partial charge is 0.338 e. The SMILES string of the molecule is Cc1ccc(C(=O)N2CCC(C)(CN)C2)cc1[N+](=O)[O-].Cl. The van der Waals surface area contributed by atoms with Gasteiger partial charge in [0.15, 0.2) is 0 Å². The third kappa shape index (κ3) is 3.51. The number of amides is 1. The van der Waals surface area contributed by atoms with Gasteiger partial charge in [-0.25, -0.2) is 0 Å². The zero-order valence-electron chi connectivity index (χ0n) is 12.2. The van der Waals surface area contributed by atoms with Crippen LogP contribution in [0, 0.1) is 22.5 Å². The number of halogens is 1. The maximum atomic E-state index is 12.4. The van der Waals surface area contributed by atoms with Crippen LogP contribution in [0.15, 0.2) is 18.2 Å². The van der Waals surface area contributed by atoms with Crippen molar-refractivity contribution >= 4 is 24.0 Å². The summed E-state index contributed by atoms with van der Waals surface area (Å²) in [7, 11) is 0. The third-order valence-corrected chi connectivity index (χ3v) is 3.99. The number of nitrogens with zero attached hydrogens (tertiary/aromatic N) is 2. The lowest BCUT2D eigenvalue weighted by atomic mass is 9.90. The lowest BCUT2D eigenvalue weighted by molar-refractivity contribution is -0.385. The number of hydrogen-bond acceptors (Lipinski definition) is 4. The van der Waals surface area contributed by atoms with Crippen LogP contribution in [0.1, 0.15) is 29.3 Å². The summed E-state index contributed by atoms with van der Waals surface area (Å²) in [4.78, 5) is 24.6. The average Bonchev–Trinajstić information content (AvgIpc) is 2.81. The summed E-state index contributed by atoms with van der Waals surface area (Å²) in [5.74, 6) is -0.162. The molecule has 1 aromatic carbocycles. The molecule has 0 saturated carbocycles. The molecule has 7 heteroatoms. The second-order valence-corrected chi connectivity index (χ2v) is 5.75. The molecule has 1 aliphatic heterocycles. The van der Waals surface area contributed by atoms with Gasteiger partial charge in [0.25, 0.3) is 11.6 Å². The van der Waals surface area contributed by atoms with Crippen molar-refractivity contribution in [3.05, 3.63) is 39.4 Å². The average molecular weight is 314 g/mol. The normalized spacial score (nSPS) is 21.0. The number of rotatable bonds is 3. The van der Waals surface area contributed by atoms with Gasteiger partial charge in [0.2, 0.25) is 0 Å². The van der Waals surface area contributed by atoms with Gasteiger partial charge in [-0.3, -0.25) is 14.9 Å². The molecule has 0 aromatic heterocycles. The molecule has 0 radical (unpaired) electrons. The molecule has 1 fully saturated rings. The van der Waals surface area contributed by atoms with Crippen molar-refractivity contribution in [3.63, 3.8) is 0 Å². The number of nitrogens with two attached hydrogens (primary N) is 1. The molecular weight excluding hydrogens is 294 g/mol. The molecule has 0 bridgehead atoms. The Morgan fingerprint density at radius 2 is 2.19 bits per heavy atom. The molecule has 21 heavy (non-hydrogen) atoms. The van der Waals surface area contributed by atoms with Crippen molar-refractivity contribution in [2.24, 2.45) is 11.1 Å². The standard InChI is InChI=1S/C14H19N3O3.ClH/c1-10-3-4-11(7-12(10)17(19)20)13(18)16-6-5-14(2,8-15)9-16;/h3-4,7H,5-6,8-9,15H2,1-2H3;1H. The van der Waals surface area contributed by atoms with Gasteiger partial charge in [-0.2, -0.15) is 0 Å². The fraction of sp³-hybridized carbons (Fsp3) is 0.500. The third-order valence-electron chi connectivity index (χ3n) is 3.99. The molecule has 1 aromatic rings. The molecular formula is C14H20ClN3O3. The first-order valence-corrected chi connectivity index (χ1v) is 6.61. The summed E-state index contributed by atoms with van der Waals surface area (Å²) in [5, 5.41) is 10.9. The van der Waals surface area contributed by atoms with E-state index in [2.05, 4.69) is 6.92 Å². The van der Waals surface area contributed by atoms with E-state index in [-0.39, 0.29) is 29.4 Å². The van der Waals surface area contributed by atoms with Gasteiger partial charge >= 0.3 is 0 Å². The minimum Gasteiger partial charge on any atom is -0.338 e. The Morgan fingerprint density at radius 3 is 2.71 bits per heavy atom. The quantitative estimate of drug-likeness (QED) is 0.684. The number of aryl methyl sites for hydroxylation is 1. The van der Waals surface area contributed by atoms with E-state index in [4.69, 9.17) is 5.73 Å². The van der Waals surface area contributed by atoms with Gasteiger partial charge in [-0.1, -0.05) is 13.0 Å². The van der Waals surface area contributed by atoms with Crippen LogP contribution < -0.4 is 5.73 Å². The van der Waals surface area contributed by atoms with Crippen LogP contribution in [0.4, 0.5) is 5.69 Å². The Morgan fingerprint density at radius 1 is 1.52 bits per heavy atom. The molecule has 2 rings (SSSR count). The van der Waals surface area contributed by atoms with Crippen molar-refractivity contribution in [1.29, 1.82) is 0 Å². The van der Waals surface area contributed by atoms with Gasteiger partial charge in [-0.05, 0) is 31.4 Å². The predicted octanol–water partition coefficient (Wildman–Crippen LogP) is 2.14. The van der Waals surface area contributed by atoms with E-state index in [1.54, 1.807) is 24.0 Å². The molecule has 0 spiro atoms. The summed E-state index contributed by atoms with van der Waals surface area (Å²) < 4.78 is 0. The summed E-state index contributed by atoms with van der Waals surface area (Å²) in [5.41, 5.74) is 6.58. The highest BCUT2D eigenvalue weighted by atomic mass is 35.5. The number of carbonyl (C=O) groups is 1. The topological polar surface area (TPSA) is 89.5 Å². The fourth-order valence-electron chi connectivity index (χ4n) is 2.49. The molecule has 1 amide bonds. The number of benzene rings is 1. The van der Waals surface area contributed by atoms with E-state index < -0.39 is 4.92 Å². The summed E-state index contributed by atoms with van der Waals surface area (Å²) in [6, 6.07) is 4.61. The van der Waals surface area contributed by atoms with Crippen LogP contribution in [-0.4, -0.2) is 35.4 Å². The molecule has 1 atom stereocenters. The fourth-order valence-corrected chi connectivity index (χ4v) is 2.49. The summed E-state index contributed by atoms with van der Waals surface area (Å²) >= 11 is 0. The Labute approximate surface area is 129 Å². The van der Waals surface area contributed by atoms with Gasteiger partial charge in [0.05, 0.1) is 4.92 Å². The van der Waals surface area contributed by atoms with E-state index in [1.165, 1.54) is 6.07 Å². The number of nitro benzene ring substituents is 1. The number of carbonyl (C=O) groups excluding carboxylic acids is 1. The lowest BCUT2D eigenvalue weighted by Crippen LogP contribution is -2.34. The van der Waals surface area contributed by atoms with Crippen LogP contribution in [0.3, 0.4) is 0 Å². The summed E-state index contributed by atoms with van der Waals surface area (Å²) in [6.45, 7) is 5.49. The van der Waals surface area contributed by atoms with Crippen LogP contribution in [0.5, 0.6) is 0 Å². The molecule has 1 unspecified atom stereocenters. The van der Waals surface area contributed by atoms with Crippen LogP contribution in [0.25, 0.3) is 0 Å². The molecule has 1 heterocycles. The minimum atomic E-state index is -0.458. The molecule has 2 N–H and O–H groups in total. The maximum absolute atomic E-state index is 12.4. The second-order valence-electron chi connectivity index (χ2n) is 5.75. The number of likely N-dealkylation sites (tertiary alicyclic amines) is 1. The smallest absolute Gasteiger partial charge is 0.273 e. The van der Waals surface area contributed by atoms with Crippen molar-refractivity contribution in [3.8, 4) is 0 Å². The lowest BCUT2D eigenvalue weighted by Gasteiger charge is -2.22. The van der Waals surface area contributed by atoms with E-state index in [9.17, 15) is 14.9 Å². The van der Waals surface area contributed by atoms with Gasteiger partial charge in [-0.15, -0.1) is 12.4 Å². The Kier molecular flexibility index (Phi) is 5.31. The number of nitro groups is 1. The van der Waals surface area contributed by atoms with E-state index in [0.29, 0.717) is 30.8 Å². The van der Waals surface area contributed by atoms with Crippen molar-refractivity contribution in [2.75, 3.05) is 19.6 Å². The van der Waals surface area contributed by atoms with Crippen LogP contribution >= 0.6 is 12.4 Å². The maximum Gasteiger partial charge on any atom is 0.273 e. The monoisotopic (exact) mass is 313 g/mol. The first-order chi connectivity index (χ1) is 9.36. The molecule has 6 nitrogen and oxygen atoms in total. The van der Waals surface area contributed by atoms with Crippen LogP contribution in [0.2, 0.25) is 0 Å². The first kappa shape index (κ1) is 17.4. The molecule has 0 aliphatic carbocycles. The van der Waals surface area contributed by atoms with Gasteiger partial charge < -0.3 is 10.6 Å². The van der Waals surface area contributed by atoms with Crippen molar-refractivity contribution < 1.29 is 9.72 Å². The Bertz CT molecular complexity index is 564. The summed E-state index contributed by atoms with van der Waals surface area (Å²) in [6.07, 6.45) is 0.864. The zero-order valence-corrected chi connectivity index (χ0v) is 13.0. The highest BCUT2D eigenvalue weighted by Gasteiger charge is 2.35. The van der Waals surface area contributed by atoms with Gasteiger partial charge in [0, 0.05) is 30.3 Å². The zero-order chi connectivity index (χ0) is 14.9. The van der Waals surface area contributed by atoms with E-state index in [0.717, 1.165) is 6.42 Å². The number of hydrogen-bond donors (Lipinski definition) is 1. The van der Waals surface area contributed by atoms with Crippen molar-refractivity contribution in [2.45, 2.75) is 20.3 Å².